The molecule has 0 aliphatic rings. The molecule has 10 N–H and O–H groups in total. The number of nitrogens with one attached hydrogen (secondary N) is 4. The predicted octanol–water partition coefficient (Wildman–Crippen LogP) is -2.20. The van der Waals surface area contributed by atoms with Crippen LogP contribution in [0.15, 0.2) is 42.9 Å². The van der Waals surface area contributed by atoms with E-state index >= 15 is 0 Å². The number of H-pyrrole nitrogens is 1. The number of aromatic amines is 1. The van der Waals surface area contributed by atoms with Gasteiger partial charge in [-0.25, -0.2) is 9.78 Å². The Balaban J connectivity index is 2.18. The molecule has 0 aliphatic carbocycles. The summed E-state index contributed by atoms with van der Waals surface area (Å²) in [6, 6.07) is 3.00. The topological polar surface area (TPSA) is 260 Å². The van der Waals surface area contributed by atoms with Gasteiger partial charge in [-0.2, -0.15) is 0 Å². The number of nitrogens with zero attached hydrogens (tertiary/aromatic N) is 1. The molecule has 2 rings (SSSR count). The van der Waals surface area contributed by atoms with Gasteiger partial charge in [0.25, 0.3) is 0 Å². The van der Waals surface area contributed by atoms with Crippen molar-refractivity contribution >= 4 is 35.6 Å². The summed E-state index contributed by atoms with van der Waals surface area (Å²) in [5.41, 5.74) is 12.0. The first-order chi connectivity index (χ1) is 18.5. The molecule has 0 radical (unpaired) electrons. The first-order valence-corrected chi connectivity index (χ1v) is 11.9. The number of rotatable bonds is 16. The molecular weight excluding hydrogens is 514 g/mol. The standard InChI is InChI=1S/C24H31N7O8/c25-15(6-7-20(33)34)21(35)29-16(9-14-11-27-12-28-14)22(36)30-17(10-19(26)32)23(37)31-18(24(38)39)8-13-4-2-1-3-5-13/h1-5,11-12,15-18H,6-10,25H2,(H2,26,32)(H,27,28)(H,29,35)(H,30,36)(H,31,37)(H,33,34)(H,38,39). The third-order valence-electron chi connectivity index (χ3n) is 5.55. The third kappa shape index (κ3) is 10.6. The van der Waals surface area contributed by atoms with Crippen LogP contribution in [0.5, 0.6) is 0 Å². The Hall–Kier alpha value is -4.79. The maximum atomic E-state index is 13.2. The van der Waals surface area contributed by atoms with Crippen LogP contribution in [-0.4, -0.2) is 79.9 Å². The lowest BCUT2D eigenvalue weighted by Gasteiger charge is -2.24. The summed E-state index contributed by atoms with van der Waals surface area (Å²) < 4.78 is 0. The van der Waals surface area contributed by atoms with E-state index in [1.807, 2.05) is 0 Å². The van der Waals surface area contributed by atoms with Crippen LogP contribution in [0.3, 0.4) is 0 Å². The number of primary amides is 1. The van der Waals surface area contributed by atoms with E-state index in [9.17, 15) is 33.9 Å². The Kier molecular flexibility index (Phi) is 11.6. The summed E-state index contributed by atoms with van der Waals surface area (Å²) in [6.45, 7) is 0. The number of benzene rings is 1. The smallest absolute Gasteiger partial charge is 0.326 e. The highest BCUT2D eigenvalue weighted by Gasteiger charge is 2.31. The second-order valence-corrected chi connectivity index (χ2v) is 8.70. The molecule has 2 aromatic rings. The highest BCUT2D eigenvalue weighted by molar-refractivity contribution is 5.96. The van der Waals surface area contributed by atoms with Crippen LogP contribution in [0.2, 0.25) is 0 Å². The summed E-state index contributed by atoms with van der Waals surface area (Å²) in [5.74, 6) is -6.14. The van der Waals surface area contributed by atoms with E-state index < -0.39 is 66.2 Å². The van der Waals surface area contributed by atoms with Crippen LogP contribution in [0.4, 0.5) is 0 Å². The van der Waals surface area contributed by atoms with Crippen LogP contribution in [-0.2, 0) is 41.6 Å². The zero-order chi connectivity index (χ0) is 28.9. The number of carboxylic acid groups (broad SMARTS) is 2. The number of carbonyl (C=O) groups excluding carboxylic acids is 4. The second kappa shape index (κ2) is 14.8. The Morgan fingerprint density at radius 3 is 2.05 bits per heavy atom. The fraction of sp³-hybridized carbons (Fsp3) is 0.375. The molecular formula is C24H31N7O8. The molecule has 1 aromatic heterocycles. The van der Waals surface area contributed by atoms with Crippen molar-refractivity contribution in [2.24, 2.45) is 11.5 Å². The van der Waals surface area contributed by atoms with Crippen molar-refractivity contribution in [3.63, 3.8) is 0 Å². The van der Waals surface area contributed by atoms with Gasteiger partial charge in [-0.3, -0.25) is 24.0 Å². The second-order valence-electron chi connectivity index (χ2n) is 8.70. The molecule has 0 saturated heterocycles. The highest BCUT2D eigenvalue weighted by Crippen LogP contribution is 2.06. The zero-order valence-electron chi connectivity index (χ0n) is 20.8. The molecule has 4 atom stereocenters. The largest absolute Gasteiger partial charge is 0.481 e. The number of hydrogen-bond acceptors (Lipinski definition) is 8. The van der Waals surface area contributed by atoms with Gasteiger partial charge >= 0.3 is 11.9 Å². The van der Waals surface area contributed by atoms with Gasteiger partial charge < -0.3 is 42.6 Å². The molecule has 15 nitrogen and oxygen atoms in total. The van der Waals surface area contributed by atoms with Crippen molar-refractivity contribution in [1.82, 2.24) is 25.9 Å². The fourth-order valence-electron chi connectivity index (χ4n) is 3.52. The van der Waals surface area contributed by atoms with Gasteiger partial charge in [-0.05, 0) is 12.0 Å². The minimum absolute atomic E-state index is 0.0636. The summed E-state index contributed by atoms with van der Waals surface area (Å²) >= 11 is 0. The average molecular weight is 546 g/mol. The van der Waals surface area contributed by atoms with Crippen LogP contribution in [0.25, 0.3) is 0 Å². The summed E-state index contributed by atoms with van der Waals surface area (Å²) in [6.07, 6.45) is 1.33. The number of aliphatic carboxylic acids is 2. The normalized spacial score (nSPS) is 13.8. The first kappa shape index (κ1) is 30.4. The average Bonchev–Trinajstić information content (AvgIpc) is 3.39. The van der Waals surface area contributed by atoms with Crippen molar-refractivity contribution in [1.29, 1.82) is 0 Å². The van der Waals surface area contributed by atoms with E-state index in [1.54, 1.807) is 30.3 Å². The van der Waals surface area contributed by atoms with Gasteiger partial charge in [0.15, 0.2) is 0 Å². The van der Waals surface area contributed by atoms with E-state index in [2.05, 4.69) is 25.9 Å². The number of carbonyl (C=O) groups is 6. The molecule has 0 spiro atoms. The quantitative estimate of drug-likeness (QED) is 0.113. The van der Waals surface area contributed by atoms with Crippen LogP contribution < -0.4 is 27.4 Å². The molecule has 4 amide bonds. The van der Waals surface area contributed by atoms with Crippen LogP contribution in [0.1, 0.15) is 30.5 Å². The molecule has 0 aliphatic heterocycles. The minimum atomic E-state index is -1.56. The monoisotopic (exact) mass is 545 g/mol. The van der Waals surface area contributed by atoms with Gasteiger partial charge in [0, 0.05) is 31.2 Å². The Bertz CT molecular complexity index is 1160. The number of amides is 4. The number of imidazole rings is 1. The van der Waals surface area contributed by atoms with Crippen LogP contribution in [0, 0.1) is 0 Å². The van der Waals surface area contributed by atoms with Crippen molar-refractivity contribution < 1.29 is 39.0 Å². The molecule has 4 unspecified atom stereocenters. The maximum absolute atomic E-state index is 13.2. The lowest BCUT2D eigenvalue weighted by Crippen LogP contribution is -2.58. The van der Waals surface area contributed by atoms with Gasteiger partial charge in [-0.1, -0.05) is 30.3 Å². The van der Waals surface area contributed by atoms with Crippen molar-refractivity contribution in [2.75, 3.05) is 0 Å². The molecule has 1 heterocycles. The van der Waals surface area contributed by atoms with Gasteiger partial charge in [0.05, 0.1) is 18.8 Å². The molecule has 39 heavy (non-hydrogen) atoms. The molecule has 15 heteroatoms. The number of nitrogens with two attached hydrogens (primary N) is 2. The van der Waals surface area contributed by atoms with Crippen molar-refractivity contribution in [3.8, 4) is 0 Å². The van der Waals surface area contributed by atoms with E-state index in [0.29, 0.717) is 11.3 Å². The summed E-state index contributed by atoms with van der Waals surface area (Å²) in [4.78, 5) is 79.5. The molecule has 210 valence electrons. The Morgan fingerprint density at radius 1 is 0.872 bits per heavy atom. The SMILES string of the molecule is NC(=O)CC(NC(=O)C(Cc1cnc[nH]1)NC(=O)C(N)CCC(=O)O)C(=O)NC(Cc1ccccc1)C(=O)O. The molecule has 1 aromatic carbocycles. The molecule has 0 fully saturated rings. The van der Waals surface area contributed by atoms with E-state index in [4.69, 9.17) is 16.6 Å². The lowest BCUT2D eigenvalue weighted by atomic mass is 10.0. The zero-order valence-corrected chi connectivity index (χ0v) is 20.8. The lowest BCUT2D eigenvalue weighted by molar-refractivity contribution is -0.142. The number of hydrogen-bond donors (Lipinski definition) is 8. The van der Waals surface area contributed by atoms with Gasteiger partial charge in [-0.15, -0.1) is 0 Å². The number of aromatic nitrogens is 2. The molecule has 0 saturated carbocycles. The highest BCUT2D eigenvalue weighted by atomic mass is 16.4. The molecule has 0 bridgehead atoms. The van der Waals surface area contributed by atoms with E-state index in [0.717, 1.165) is 0 Å². The maximum Gasteiger partial charge on any atom is 0.326 e. The van der Waals surface area contributed by atoms with E-state index in [-0.39, 0.29) is 25.7 Å². The Labute approximate surface area is 222 Å². The van der Waals surface area contributed by atoms with Gasteiger partial charge in [0.2, 0.25) is 23.6 Å². The van der Waals surface area contributed by atoms with Gasteiger partial charge in [0.1, 0.15) is 18.1 Å². The third-order valence-corrected chi connectivity index (χ3v) is 5.55. The van der Waals surface area contributed by atoms with E-state index in [1.165, 1.54) is 12.5 Å². The fourth-order valence-corrected chi connectivity index (χ4v) is 3.52. The summed E-state index contributed by atoms with van der Waals surface area (Å²) in [5, 5.41) is 25.5. The minimum Gasteiger partial charge on any atom is -0.481 e. The van der Waals surface area contributed by atoms with Crippen molar-refractivity contribution in [2.45, 2.75) is 56.3 Å². The number of carboxylic acids is 2. The first-order valence-electron chi connectivity index (χ1n) is 11.9. The van der Waals surface area contributed by atoms with Crippen molar-refractivity contribution in [3.05, 3.63) is 54.1 Å². The summed E-state index contributed by atoms with van der Waals surface area (Å²) in [7, 11) is 0. The van der Waals surface area contributed by atoms with Crippen LogP contribution >= 0.6 is 0 Å². The Morgan fingerprint density at radius 2 is 1.49 bits per heavy atom. The predicted molar refractivity (Wildman–Crippen MR) is 135 cm³/mol.